The summed E-state index contributed by atoms with van der Waals surface area (Å²) in [6.07, 6.45) is -6.95. The molecule has 4 rings (SSSR count). The second-order valence-electron chi connectivity index (χ2n) is 8.93. The largest absolute Gasteiger partial charge is 0.450 e. The van der Waals surface area contributed by atoms with Crippen LogP contribution < -0.4 is 10.6 Å². The van der Waals surface area contributed by atoms with Crippen LogP contribution in [0.1, 0.15) is 27.4 Å². The Labute approximate surface area is 247 Å². The lowest BCUT2D eigenvalue weighted by molar-refractivity contribution is -0.170. The molecule has 2 N–H and O–H groups in total. The van der Waals surface area contributed by atoms with Gasteiger partial charge in [0.05, 0.1) is 27.2 Å². The molecule has 1 aliphatic carbocycles. The van der Waals surface area contributed by atoms with Crippen molar-refractivity contribution in [2.24, 2.45) is 5.92 Å². The molecule has 0 heterocycles. The van der Waals surface area contributed by atoms with E-state index in [1.807, 2.05) is 0 Å². The molecule has 0 saturated heterocycles. The van der Waals surface area contributed by atoms with Crippen molar-refractivity contribution in [3.63, 3.8) is 0 Å². The van der Waals surface area contributed by atoms with Crippen molar-refractivity contribution in [2.45, 2.75) is 22.8 Å². The molecule has 0 unspecified atom stereocenters. The van der Waals surface area contributed by atoms with Crippen LogP contribution in [0.5, 0.6) is 0 Å². The SMILES string of the molecule is O=C(Nc1ccc(F)c(CC(=O)C(F)(F)F)c1F)c1cc(NC(=O)[C@H]2[C@H](c3ccc(F)c(Cl)c3)C2(Cl)Cl)ccc1Cl. The number of benzene rings is 3. The summed E-state index contributed by atoms with van der Waals surface area (Å²) in [5.74, 6) is -9.54. The molecule has 2 atom stereocenters. The van der Waals surface area contributed by atoms with E-state index in [1.165, 1.54) is 24.3 Å². The number of ketones is 1. The van der Waals surface area contributed by atoms with E-state index in [0.717, 1.165) is 18.2 Å². The van der Waals surface area contributed by atoms with Gasteiger partial charge in [-0.25, -0.2) is 13.2 Å². The summed E-state index contributed by atoms with van der Waals surface area (Å²) in [6, 6.07) is 8.76. The van der Waals surface area contributed by atoms with E-state index in [0.29, 0.717) is 11.6 Å². The maximum Gasteiger partial charge on any atom is 0.450 e. The fraction of sp³-hybridized carbons (Fsp3) is 0.192. The molecule has 0 aromatic heterocycles. The van der Waals surface area contributed by atoms with Crippen molar-refractivity contribution in [3.05, 3.63) is 92.7 Å². The molecule has 2 amide bonds. The van der Waals surface area contributed by atoms with Crippen molar-refractivity contribution < 1.29 is 40.7 Å². The summed E-state index contributed by atoms with van der Waals surface area (Å²) in [5.41, 5.74) is -1.77. The highest BCUT2D eigenvalue weighted by Crippen LogP contribution is 2.65. The van der Waals surface area contributed by atoms with E-state index in [9.17, 15) is 40.7 Å². The molecule has 0 spiro atoms. The highest BCUT2D eigenvalue weighted by Gasteiger charge is 2.67. The van der Waals surface area contributed by atoms with E-state index in [2.05, 4.69) is 10.6 Å². The van der Waals surface area contributed by atoms with Crippen molar-refractivity contribution in [1.82, 2.24) is 0 Å². The number of anilines is 2. The minimum Gasteiger partial charge on any atom is -0.326 e. The molecule has 216 valence electrons. The minimum absolute atomic E-state index is 0.0347. The van der Waals surface area contributed by atoms with Gasteiger partial charge in [0.15, 0.2) is 5.82 Å². The molecule has 1 fully saturated rings. The van der Waals surface area contributed by atoms with Crippen LogP contribution in [-0.2, 0) is 16.0 Å². The summed E-state index contributed by atoms with van der Waals surface area (Å²) >= 11 is 24.5. The topological polar surface area (TPSA) is 75.3 Å². The molecule has 1 saturated carbocycles. The number of Topliss-reactive ketones (excluding diaryl/α,β-unsaturated/α-hetero) is 1. The van der Waals surface area contributed by atoms with Gasteiger partial charge in [-0.05, 0) is 48.0 Å². The number of nitrogens with one attached hydrogen (secondary N) is 2. The Hall–Kier alpha value is -2.99. The molecule has 41 heavy (non-hydrogen) atoms. The zero-order valence-corrected chi connectivity index (χ0v) is 23.0. The summed E-state index contributed by atoms with van der Waals surface area (Å²) in [6.45, 7) is 0. The first-order valence-electron chi connectivity index (χ1n) is 11.3. The Morgan fingerprint density at radius 1 is 0.854 bits per heavy atom. The molecule has 5 nitrogen and oxygen atoms in total. The van der Waals surface area contributed by atoms with Crippen LogP contribution in [0.25, 0.3) is 0 Å². The van der Waals surface area contributed by atoms with Crippen LogP contribution in [0.2, 0.25) is 10.0 Å². The molecular formula is C26H14Cl4F6N2O3. The maximum absolute atomic E-state index is 14.8. The second kappa shape index (κ2) is 11.4. The monoisotopic (exact) mass is 656 g/mol. The third kappa shape index (κ3) is 6.43. The Morgan fingerprint density at radius 3 is 2.15 bits per heavy atom. The van der Waals surface area contributed by atoms with E-state index >= 15 is 0 Å². The van der Waals surface area contributed by atoms with Crippen LogP contribution in [0, 0.1) is 23.4 Å². The molecule has 1 aliphatic rings. The van der Waals surface area contributed by atoms with Gasteiger partial charge >= 0.3 is 6.18 Å². The zero-order valence-electron chi connectivity index (χ0n) is 20.0. The second-order valence-corrected chi connectivity index (χ2v) is 11.2. The smallest absolute Gasteiger partial charge is 0.326 e. The number of carbonyl (C=O) groups excluding carboxylic acids is 3. The number of amides is 2. The first-order chi connectivity index (χ1) is 19.0. The predicted molar refractivity (Wildman–Crippen MR) is 141 cm³/mol. The van der Waals surface area contributed by atoms with Crippen molar-refractivity contribution in [3.8, 4) is 0 Å². The number of alkyl halides is 5. The maximum atomic E-state index is 14.8. The molecule has 3 aromatic rings. The number of hydrogen-bond donors (Lipinski definition) is 2. The Balaban J connectivity index is 1.52. The molecule has 15 heteroatoms. The molecule has 0 bridgehead atoms. The first kappa shape index (κ1) is 31.0. The highest BCUT2D eigenvalue weighted by atomic mass is 35.5. The lowest BCUT2D eigenvalue weighted by Crippen LogP contribution is -2.25. The summed E-state index contributed by atoms with van der Waals surface area (Å²) < 4.78 is 78.5. The Morgan fingerprint density at radius 2 is 1.51 bits per heavy atom. The number of hydrogen-bond acceptors (Lipinski definition) is 3. The normalized spacial score (nSPS) is 17.6. The number of halogens is 10. The summed E-state index contributed by atoms with van der Waals surface area (Å²) in [4.78, 5) is 37.0. The Kier molecular flexibility index (Phi) is 8.57. The third-order valence-corrected chi connectivity index (χ3v) is 7.76. The van der Waals surface area contributed by atoms with E-state index in [4.69, 9.17) is 46.4 Å². The molecular weight excluding hydrogens is 644 g/mol. The van der Waals surface area contributed by atoms with Gasteiger partial charge in [0, 0.05) is 23.6 Å². The van der Waals surface area contributed by atoms with Crippen LogP contribution in [0.3, 0.4) is 0 Å². The first-order valence-corrected chi connectivity index (χ1v) is 12.8. The van der Waals surface area contributed by atoms with E-state index in [1.54, 1.807) is 0 Å². The summed E-state index contributed by atoms with van der Waals surface area (Å²) in [5, 5.41) is 4.22. The van der Waals surface area contributed by atoms with Gasteiger partial charge in [0.2, 0.25) is 11.7 Å². The van der Waals surface area contributed by atoms with E-state index in [-0.39, 0.29) is 21.3 Å². The molecule has 0 aliphatic heterocycles. The van der Waals surface area contributed by atoms with Crippen LogP contribution in [-0.4, -0.2) is 28.1 Å². The zero-order chi connectivity index (χ0) is 30.4. The van der Waals surface area contributed by atoms with Crippen molar-refractivity contribution in [2.75, 3.05) is 10.6 Å². The standard InChI is InChI=1S/C26H14Cl4F6N2O3/c27-14-3-2-11(37-24(41)21-20(25(21,29)30)10-1-4-17(32)15(28)7-10)8-12(14)23(40)38-18-6-5-16(31)13(22(18)33)9-19(39)26(34,35)36/h1-8,20-21H,9H2,(H,37,41)(H,38,40)/t20-,21+/m0/s1. The summed E-state index contributed by atoms with van der Waals surface area (Å²) in [7, 11) is 0. The number of carbonyl (C=O) groups is 3. The van der Waals surface area contributed by atoms with Crippen LogP contribution in [0.15, 0.2) is 48.5 Å². The highest BCUT2D eigenvalue weighted by molar-refractivity contribution is 6.53. The van der Waals surface area contributed by atoms with Crippen molar-refractivity contribution in [1.29, 1.82) is 0 Å². The average molecular weight is 658 g/mol. The molecule has 3 aromatic carbocycles. The minimum atomic E-state index is -5.32. The Bertz CT molecular complexity index is 1580. The van der Waals surface area contributed by atoms with Gasteiger partial charge in [-0.1, -0.05) is 29.3 Å². The van der Waals surface area contributed by atoms with E-state index < -0.39 is 75.1 Å². The van der Waals surface area contributed by atoms with Crippen LogP contribution >= 0.6 is 46.4 Å². The van der Waals surface area contributed by atoms with Crippen LogP contribution in [0.4, 0.5) is 37.7 Å². The van der Waals surface area contributed by atoms with Gasteiger partial charge < -0.3 is 10.6 Å². The lowest BCUT2D eigenvalue weighted by atomic mass is 10.1. The van der Waals surface area contributed by atoms with Gasteiger partial charge in [-0.2, -0.15) is 13.2 Å². The molecule has 0 radical (unpaired) electrons. The third-order valence-electron chi connectivity index (χ3n) is 6.21. The average Bonchev–Trinajstić information content (AvgIpc) is 3.47. The van der Waals surface area contributed by atoms with Crippen molar-refractivity contribution >= 4 is 75.4 Å². The quantitative estimate of drug-likeness (QED) is 0.201. The van der Waals surface area contributed by atoms with Gasteiger partial charge in [-0.15, -0.1) is 23.2 Å². The van der Waals surface area contributed by atoms with Gasteiger partial charge in [0.1, 0.15) is 16.0 Å². The van der Waals surface area contributed by atoms with Gasteiger partial charge in [-0.3, -0.25) is 14.4 Å². The number of rotatable bonds is 7. The fourth-order valence-electron chi connectivity index (χ4n) is 4.08. The lowest BCUT2D eigenvalue weighted by Gasteiger charge is -2.13. The van der Waals surface area contributed by atoms with Gasteiger partial charge in [0.25, 0.3) is 5.91 Å². The fourth-order valence-corrected chi connectivity index (χ4v) is 5.30. The predicted octanol–water partition coefficient (Wildman–Crippen LogP) is 7.86.